The maximum Gasteiger partial charge on any atom is 0.0808 e. The third kappa shape index (κ3) is 2.61. The number of hydrogen-bond acceptors (Lipinski definition) is 2. The van der Waals surface area contributed by atoms with Crippen molar-refractivity contribution in [1.29, 1.82) is 0 Å². The van der Waals surface area contributed by atoms with Gasteiger partial charge in [0.25, 0.3) is 0 Å². The van der Waals surface area contributed by atoms with Crippen molar-refractivity contribution < 1.29 is 9.84 Å². The molecule has 1 aliphatic heterocycles. The third-order valence-electron chi connectivity index (χ3n) is 2.23. The van der Waals surface area contributed by atoms with E-state index in [4.69, 9.17) is 9.84 Å². The maximum atomic E-state index is 9.07. The minimum absolute atomic E-state index is 0.147. The summed E-state index contributed by atoms with van der Waals surface area (Å²) in [5.41, 5.74) is 1.26. The fourth-order valence-electron chi connectivity index (χ4n) is 1.57. The standard InChI is InChI=1S/C10H18O2/c1-8(2)6-10-9(7-11)4-3-5-12-10/h6,9-11H,3-5,7H2,1-2H3/t9-,10-/m0/s1. The molecular weight excluding hydrogens is 152 g/mol. The Kier molecular flexibility index (Phi) is 3.76. The molecule has 1 fully saturated rings. The van der Waals surface area contributed by atoms with Crippen LogP contribution in [0.5, 0.6) is 0 Å². The Balaban J connectivity index is 2.53. The highest BCUT2D eigenvalue weighted by molar-refractivity contribution is 5.01. The molecular formula is C10H18O2. The highest BCUT2D eigenvalue weighted by Gasteiger charge is 2.22. The second-order valence-corrected chi connectivity index (χ2v) is 3.66. The van der Waals surface area contributed by atoms with Gasteiger partial charge >= 0.3 is 0 Å². The molecule has 1 aliphatic rings. The molecule has 12 heavy (non-hydrogen) atoms. The van der Waals surface area contributed by atoms with Crippen LogP contribution in [0.15, 0.2) is 11.6 Å². The summed E-state index contributed by atoms with van der Waals surface area (Å²) < 4.78 is 5.56. The van der Waals surface area contributed by atoms with Crippen molar-refractivity contribution in [3.63, 3.8) is 0 Å². The molecule has 0 saturated carbocycles. The summed E-state index contributed by atoms with van der Waals surface area (Å²) in [6.07, 6.45) is 4.43. The first-order valence-electron chi connectivity index (χ1n) is 4.61. The van der Waals surface area contributed by atoms with Crippen LogP contribution in [0.1, 0.15) is 26.7 Å². The SMILES string of the molecule is CC(C)=C[C@@H]1OCCC[C@H]1CO. The Hall–Kier alpha value is -0.340. The zero-order chi connectivity index (χ0) is 8.97. The van der Waals surface area contributed by atoms with Gasteiger partial charge in [0.05, 0.1) is 6.10 Å². The molecule has 1 heterocycles. The molecule has 0 aromatic heterocycles. The number of aliphatic hydroxyl groups excluding tert-OH is 1. The van der Waals surface area contributed by atoms with E-state index in [2.05, 4.69) is 19.9 Å². The lowest BCUT2D eigenvalue weighted by atomic mass is 9.94. The molecule has 70 valence electrons. The topological polar surface area (TPSA) is 29.5 Å². The van der Waals surface area contributed by atoms with E-state index >= 15 is 0 Å². The fourth-order valence-corrected chi connectivity index (χ4v) is 1.57. The van der Waals surface area contributed by atoms with Gasteiger partial charge in [-0.3, -0.25) is 0 Å². The molecule has 0 spiro atoms. The van der Waals surface area contributed by atoms with Gasteiger partial charge in [0.2, 0.25) is 0 Å². The highest BCUT2D eigenvalue weighted by Crippen LogP contribution is 2.21. The quantitative estimate of drug-likeness (QED) is 0.640. The molecule has 0 unspecified atom stereocenters. The molecule has 0 aliphatic carbocycles. The predicted molar refractivity (Wildman–Crippen MR) is 49.0 cm³/mol. The van der Waals surface area contributed by atoms with Gasteiger partial charge in [0, 0.05) is 19.1 Å². The molecule has 0 aromatic carbocycles. The van der Waals surface area contributed by atoms with E-state index in [0.717, 1.165) is 19.4 Å². The van der Waals surface area contributed by atoms with Gasteiger partial charge in [-0.2, -0.15) is 0 Å². The number of allylic oxidation sites excluding steroid dienone is 1. The van der Waals surface area contributed by atoms with Gasteiger partial charge in [-0.25, -0.2) is 0 Å². The fraction of sp³-hybridized carbons (Fsp3) is 0.800. The van der Waals surface area contributed by atoms with Crippen LogP contribution < -0.4 is 0 Å². The summed E-state index contributed by atoms with van der Waals surface area (Å²) >= 11 is 0. The van der Waals surface area contributed by atoms with Gasteiger partial charge < -0.3 is 9.84 Å². The van der Waals surface area contributed by atoms with E-state index < -0.39 is 0 Å². The lowest BCUT2D eigenvalue weighted by molar-refractivity contribution is -0.0163. The Morgan fingerprint density at radius 1 is 1.58 bits per heavy atom. The van der Waals surface area contributed by atoms with E-state index in [1.165, 1.54) is 5.57 Å². The Bertz CT molecular complexity index is 159. The molecule has 0 aromatic rings. The van der Waals surface area contributed by atoms with E-state index in [1.54, 1.807) is 0 Å². The van der Waals surface area contributed by atoms with Crippen molar-refractivity contribution in [3.8, 4) is 0 Å². The molecule has 2 nitrogen and oxygen atoms in total. The molecule has 1 N–H and O–H groups in total. The number of hydrogen-bond donors (Lipinski definition) is 1. The summed E-state index contributed by atoms with van der Waals surface area (Å²) in [5, 5.41) is 9.07. The van der Waals surface area contributed by atoms with Crippen LogP contribution in [0.2, 0.25) is 0 Å². The van der Waals surface area contributed by atoms with Crippen LogP contribution in [-0.2, 0) is 4.74 Å². The van der Waals surface area contributed by atoms with Crippen molar-refractivity contribution in [1.82, 2.24) is 0 Å². The number of ether oxygens (including phenoxy) is 1. The first-order valence-corrected chi connectivity index (χ1v) is 4.61. The second kappa shape index (κ2) is 4.63. The average molecular weight is 170 g/mol. The largest absolute Gasteiger partial charge is 0.396 e. The number of aliphatic hydroxyl groups is 1. The number of rotatable bonds is 2. The van der Waals surface area contributed by atoms with Crippen LogP contribution in [-0.4, -0.2) is 24.4 Å². The van der Waals surface area contributed by atoms with Crippen molar-refractivity contribution in [2.24, 2.45) is 5.92 Å². The summed E-state index contributed by atoms with van der Waals surface area (Å²) in [4.78, 5) is 0. The Labute approximate surface area is 74.2 Å². The summed E-state index contributed by atoms with van der Waals surface area (Å²) in [6, 6.07) is 0. The van der Waals surface area contributed by atoms with Crippen LogP contribution in [0.25, 0.3) is 0 Å². The smallest absolute Gasteiger partial charge is 0.0808 e. The molecule has 2 heteroatoms. The van der Waals surface area contributed by atoms with Crippen LogP contribution in [0, 0.1) is 5.92 Å². The van der Waals surface area contributed by atoms with Crippen LogP contribution in [0.3, 0.4) is 0 Å². The molecule has 0 radical (unpaired) electrons. The van der Waals surface area contributed by atoms with Gasteiger partial charge in [-0.15, -0.1) is 0 Å². The lowest BCUT2D eigenvalue weighted by Crippen LogP contribution is -2.30. The van der Waals surface area contributed by atoms with E-state index in [9.17, 15) is 0 Å². The van der Waals surface area contributed by atoms with Gasteiger partial charge in [-0.1, -0.05) is 11.6 Å². The van der Waals surface area contributed by atoms with Gasteiger partial charge in [0.15, 0.2) is 0 Å². The van der Waals surface area contributed by atoms with Gasteiger partial charge in [0.1, 0.15) is 0 Å². The Morgan fingerprint density at radius 3 is 2.92 bits per heavy atom. The first kappa shape index (κ1) is 9.75. The summed E-state index contributed by atoms with van der Waals surface area (Å²) in [5.74, 6) is 0.314. The van der Waals surface area contributed by atoms with Crippen molar-refractivity contribution in [2.75, 3.05) is 13.2 Å². The zero-order valence-electron chi connectivity index (χ0n) is 7.92. The molecule has 1 rings (SSSR count). The average Bonchev–Trinajstić information content (AvgIpc) is 2.04. The molecule has 2 atom stereocenters. The Morgan fingerprint density at radius 2 is 2.33 bits per heavy atom. The predicted octanol–water partition coefficient (Wildman–Crippen LogP) is 1.74. The maximum absolute atomic E-state index is 9.07. The van der Waals surface area contributed by atoms with Gasteiger partial charge in [-0.05, 0) is 26.7 Å². The van der Waals surface area contributed by atoms with Crippen molar-refractivity contribution >= 4 is 0 Å². The van der Waals surface area contributed by atoms with E-state index in [-0.39, 0.29) is 12.7 Å². The monoisotopic (exact) mass is 170 g/mol. The van der Waals surface area contributed by atoms with Crippen molar-refractivity contribution in [2.45, 2.75) is 32.8 Å². The third-order valence-corrected chi connectivity index (χ3v) is 2.23. The minimum Gasteiger partial charge on any atom is -0.396 e. The normalized spacial score (nSPS) is 29.9. The van der Waals surface area contributed by atoms with Crippen LogP contribution >= 0.6 is 0 Å². The molecule has 0 bridgehead atoms. The second-order valence-electron chi connectivity index (χ2n) is 3.66. The van der Waals surface area contributed by atoms with E-state index in [0.29, 0.717) is 5.92 Å². The molecule has 1 saturated heterocycles. The highest BCUT2D eigenvalue weighted by atomic mass is 16.5. The van der Waals surface area contributed by atoms with Crippen molar-refractivity contribution in [3.05, 3.63) is 11.6 Å². The zero-order valence-corrected chi connectivity index (χ0v) is 7.92. The first-order chi connectivity index (χ1) is 5.74. The van der Waals surface area contributed by atoms with Crippen LogP contribution in [0.4, 0.5) is 0 Å². The van der Waals surface area contributed by atoms with E-state index in [1.807, 2.05) is 0 Å². The summed E-state index contributed by atoms with van der Waals surface area (Å²) in [6.45, 7) is 5.21. The molecule has 0 amide bonds. The minimum atomic E-state index is 0.147. The summed E-state index contributed by atoms with van der Waals surface area (Å²) in [7, 11) is 0. The lowest BCUT2D eigenvalue weighted by Gasteiger charge is -2.28.